The van der Waals surface area contributed by atoms with Crippen LogP contribution in [0.4, 0.5) is 10.5 Å². The molecule has 0 unspecified atom stereocenters. The largest absolute Gasteiger partial charge is 0.530 e. The van der Waals surface area contributed by atoms with Gasteiger partial charge in [0.1, 0.15) is 6.09 Å². The van der Waals surface area contributed by atoms with Crippen molar-refractivity contribution < 1.29 is 9.90 Å². The van der Waals surface area contributed by atoms with Crippen LogP contribution in [0.25, 0.3) is 11.1 Å². The fraction of sp³-hybridized carbons (Fsp3) is 0.381. The van der Waals surface area contributed by atoms with Crippen molar-refractivity contribution in [3.05, 3.63) is 54.6 Å². The van der Waals surface area contributed by atoms with E-state index in [-0.39, 0.29) is 6.04 Å². The maximum atomic E-state index is 12.0. The molecule has 138 valence electrons. The summed E-state index contributed by atoms with van der Waals surface area (Å²) in [6.45, 7) is 3.76. The summed E-state index contributed by atoms with van der Waals surface area (Å²) in [5, 5.41) is 15.2. The lowest BCUT2D eigenvalue weighted by Crippen LogP contribution is -2.52. The van der Waals surface area contributed by atoms with Crippen molar-refractivity contribution >= 4 is 11.8 Å². The number of nitrogens with zero attached hydrogens (tertiary/aromatic N) is 2. The first kappa shape index (κ1) is 18.4. The summed E-state index contributed by atoms with van der Waals surface area (Å²) >= 11 is 0. The molecule has 1 amide bonds. The third kappa shape index (κ3) is 4.23. The lowest BCUT2D eigenvalue weighted by atomic mass is 9.98. The van der Waals surface area contributed by atoms with Crippen LogP contribution in [0.3, 0.4) is 0 Å². The molecule has 2 aromatic carbocycles. The Morgan fingerprint density at radius 3 is 2.42 bits per heavy atom. The number of nitrogens with one attached hydrogen (secondary N) is 1. The summed E-state index contributed by atoms with van der Waals surface area (Å²) in [6, 6.07) is 17.6. The van der Waals surface area contributed by atoms with Gasteiger partial charge in [-0.15, -0.1) is 0 Å². The van der Waals surface area contributed by atoms with Gasteiger partial charge >= 0.3 is 0 Å². The van der Waals surface area contributed by atoms with Crippen molar-refractivity contribution in [3.8, 4) is 11.1 Å². The Hall–Kier alpha value is -2.37. The fourth-order valence-corrected chi connectivity index (χ4v) is 3.66. The van der Waals surface area contributed by atoms with E-state index in [1.807, 2.05) is 61.6 Å². The molecule has 0 aromatic heterocycles. The maximum absolute atomic E-state index is 12.0. The van der Waals surface area contributed by atoms with Gasteiger partial charge in [0.15, 0.2) is 0 Å². The number of likely N-dealkylation sites (tertiary alicyclic amines) is 1. The van der Waals surface area contributed by atoms with Crippen LogP contribution in [0, 0.1) is 0 Å². The summed E-state index contributed by atoms with van der Waals surface area (Å²) in [5.74, 6) is 0. The van der Waals surface area contributed by atoms with Crippen molar-refractivity contribution in [1.82, 2.24) is 10.2 Å². The number of carbonyl (C=O) groups excluding carboxylic acids is 1. The summed E-state index contributed by atoms with van der Waals surface area (Å²) < 4.78 is 0. The third-order valence-electron chi connectivity index (χ3n) is 5.05. The smallest absolute Gasteiger partial charge is 0.141 e. The van der Waals surface area contributed by atoms with Gasteiger partial charge in [-0.2, -0.15) is 0 Å². The molecular weight excluding hydrogens is 326 g/mol. The molecule has 0 atom stereocenters. The minimum absolute atomic E-state index is 0.0457. The number of carboxylic acid groups (broad SMARTS) is 1. The van der Waals surface area contributed by atoms with Crippen LogP contribution in [0.5, 0.6) is 0 Å². The number of hydrogen-bond acceptors (Lipinski definition) is 4. The summed E-state index contributed by atoms with van der Waals surface area (Å²) in [5.41, 5.74) is 2.66. The molecule has 5 nitrogen and oxygen atoms in total. The summed E-state index contributed by atoms with van der Waals surface area (Å²) in [6.07, 6.45) is 0.517. The van der Waals surface area contributed by atoms with E-state index in [0.29, 0.717) is 5.69 Å². The van der Waals surface area contributed by atoms with Gasteiger partial charge in [0.2, 0.25) is 0 Å². The summed E-state index contributed by atoms with van der Waals surface area (Å²) in [7, 11) is 1.95. The minimum atomic E-state index is -1.12. The Labute approximate surface area is 155 Å². The number of likely N-dealkylation sites (N-methyl/N-ethyl adjacent to an activating group) is 1. The first-order valence-electron chi connectivity index (χ1n) is 9.22. The number of amides is 1. The molecular formula is C21H26N3O2-. The van der Waals surface area contributed by atoms with Gasteiger partial charge in [-0.1, -0.05) is 48.5 Å². The molecule has 0 aliphatic carbocycles. The molecule has 2 aromatic rings. The van der Waals surface area contributed by atoms with E-state index < -0.39 is 6.09 Å². The quantitative estimate of drug-likeness (QED) is 0.866. The highest BCUT2D eigenvalue weighted by Gasteiger charge is 2.27. The molecule has 1 N–H and O–H groups in total. The van der Waals surface area contributed by atoms with E-state index in [9.17, 15) is 9.90 Å². The molecule has 0 bridgehead atoms. The average Bonchev–Trinajstić information content (AvgIpc) is 2.68. The molecule has 5 heteroatoms. The molecule has 1 saturated heterocycles. The van der Waals surface area contributed by atoms with Crippen molar-refractivity contribution in [1.29, 1.82) is 0 Å². The number of anilines is 1. The molecule has 3 rings (SSSR count). The number of benzene rings is 2. The molecule has 0 radical (unpaired) electrons. The van der Waals surface area contributed by atoms with E-state index >= 15 is 0 Å². The monoisotopic (exact) mass is 352 g/mol. The van der Waals surface area contributed by atoms with E-state index in [4.69, 9.17) is 0 Å². The van der Waals surface area contributed by atoms with Crippen molar-refractivity contribution in [2.24, 2.45) is 0 Å². The highest BCUT2D eigenvalue weighted by atomic mass is 16.4. The normalized spacial score (nSPS) is 15.7. The van der Waals surface area contributed by atoms with Gasteiger partial charge in [-0.05, 0) is 31.5 Å². The Bertz CT molecular complexity index is 712. The van der Waals surface area contributed by atoms with Crippen molar-refractivity contribution in [3.63, 3.8) is 0 Å². The predicted molar refractivity (Wildman–Crippen MR) is 103 cm³/mol. The first-order valence-corrected chi connectivity index (χ1v) is 9.22. The second-order valence-electron chi connectivity index (χ2n) is 6.70. The van der Waals surface area contributed by atoms with E-state index in [1.54, 1.807) is 0 Å². The molecule has 1 aliphatic heterocycles. The molecule has 0 saturated carbocycles. The highest BCUT2D eigenvalue weighted by Crippen LogP contribution is 2.33. The van der Waals surface area contributed by atoms with Crippen LogP contribution in [0.1, 0.15) is 12.8 Å². The number of rotatable bonds is 6. The highest BCUT2D eigenvalue weighted by molar-refractivity contribution is 5.92. The third-order valence-corrected chi connectivity index (χ3v) is 5.05. The van der Waals surface area contributed by atoms with Gasteiger partial charge in [0.05, 0.1) is 5.69 Å². The van der Waals surface area contributed by atoms with E-state index in [0.717, 1.165) is 50.1 Å². The van der Waals surface area contributed by atoms with Crippen molar-refractivity contribution in [2.45, 2.75) is 18.9 Å². The molecule has 26 heavy (non-hydrogen) atoms. The van der Waals surface area contributed by atoms with Crippen LogP contribution in [0.2, 0.25) is 0 Å². The second-order valence-corrected chi connectivity index (χ2v) is 6.70. The SMILES string of the molecule is CNCCN1CCC(N(C(=O)[O-])c2ccccc2-c2ccccc2)CC1. The lowest BCUT2D eigenvalue weighted by Gasteiger charge is -2.40. The Kier molecular flexibility index (Phi) is 6.26. The van der Waals surface area contributed by atoms with Gasteiger partial charge in [-0.3, -0.25) is 0 Å². The lowest BCUT2D eigenvalue weighted by molar-refractivity contribution is -0.247. The minimum Gasteiger partial charge on any atom is -0.530 e. The Balaban J connectivity index is 1.83. The van der Waals surface area contributed by atoms with E-state index in [2.05, 4.69) is 10.2 Å². The number of piperidine rings is 1. The van der Waals surface area contributed by atoms with E-state index in [1.165, 1.54) is 4.90 Å². The zero-order chi connectivity index (χ0) is 18.4. The topological polar surface area (TPSA) is 58.6 Å². The van der Waals surface area contributed by atoms with Gasteiger partial charge in [-0.25, -0.2) is 0 Å². The molecule has 1 heterocycles. The van der Waals surface area contributed by atoms with Gasteiger partial charge < -0.3 is 25.0 Å². The standard InChI is InChI=1S/C21H27N3O2/c1-22-13-16-23-14-11-18(12-15-23)24(21(25)26)20-10-6-5-9-19(20)17-7-3-2-4-8-17/h2-10,18,22H,11-16H2,1H3,(H,25,26)/p-1. The zero-order valence-electron chi connectivity index (χ0n) is 15.2. The van der Waals surface area contributed by atoms with Crippen LogP contribution >= 0.6 is 0 Å². The van der Waals surface area contributed by atoms with Crippen LogP contribution in [-0.2, 0) is 0 Å². The number of carbonyl (C=O) groups is 1. The van der Waals surface area contributed by atoms with Crippen LogP contribution in [0.15, 0.2) is 54.6 Å². The predicted octanol–water partition coefficient (Wildman–Crippen LogP) is 2.19. The summed E-state index contributed by atoms with van der Waals surface area (Å²) in [4.78, 5) is 15.9. The maximum Gasteiger partial charge on any atom is 0.141 e. The Morgan fingerprint density at radius 2 is 1.77 bits per heavy atom. The zero-order valence-corrected chi connectivity index (χ0v) is 15.2. The van der Waals surface area contributed by atoms with Gasteiger partial charge in [0.25, 0.3) is 0 Å². The van der Waals surface area contributed by atoms with Gasteiger partial charge in [0, 0.05) is 37.8 Å². The number of para-hydroxylation sites is 1. The van der Waals surface area contributed by atoms with Crippen molar-refractivity contribution in [2.75, 3.05) is 38.1 Å². The number of hydrogen-bond donors (Lipinski definition) is 1. The second kappa shape index (κ2) is 8.83. The Morgan fingerprint density at radius 1 is 1.12 bits per heavy atom. The average molecular weight is 352 g/mol. The molecule has 1 fully saturated rings. The molecule has 0 spiro atoms. The van der Waals surface area contributed by atoms with Crippen LogP contribution < -0.4 is 15.3 Å². The first-order chi connectivity index (χ1) is 12.7. The molecule has 1 aliphatic rings. The van der Waals surface area contributed by atoms with Crippen LogP contribution in [-0.4, -0.2) is 50.3 Å². The fourth-order valence-electron chi connectivity index (χ4n) is 3.66.